The average Bonchev–Trinajstić information content (AvgIpc) is 3.34. The van der Waals surface area contributed by atoms with Crippen LogP contribution in [0.3, 0.4) is 0 Å². The number of rotatable bonds is 6. The van der Waals surface area contributed by atoms with Crippen molar-refractivity contribution < 1.29 is 18.9 Å². The second kappa shape index (κ2) is 23.5. The molecule has 64 heavy (non-hydrogen) atoms. The first-order chi connectivity index (χ1) is 31.7. The van der Waals surface area contributed by atoms with Gasteiger partial charge in [0.2, 0.25) is 0 Å². The molecule has 1 aliphatic rings. The molecule has 0 aliphatic carbocycles. The number of ether oxygens (including phenoxy) is 4. The van der Waals surface area contributed by atoms with E-state index in [9.17, 15) is 0 Å². The minimum atomic E-state index is -0.0563. The van der Waals surface area contributed by atoms with E-state index in [0.717, 1.165) is 46.8 Å². The summed E-state index contributed by atoms with van der Waals surface area (Å²) in [4.78, 5) is 4.92. The summed E-state index contributed by atoms with van der Waals surface area (Å²) in [5.41, 5.74) is 9.12. The Hall–Kier alpha value is -6.90. The molecule has 2 atom stereocenters. The van der Waals surface area contributed by atoms with E-state index in [1.54, 1.807) is 0 Å². The second-order valence-electron chi connectivity index (χ2n) is 15.9. The van der Waals surface area contributed by atoms with Crippen LogP contribution in [0.25, 0.3) is 0 Å². The minimum absolute atomic E-state index is 0.0563. The van der Waals surface area contributed by atoms with E-state index in [-0.39, 0.29) is 25.3 Å². The number of fused-ring (bicyclic) bond motifs is 4. The smallest absolute Gasteiger partial charge is 0.124 e. The van der Waals surface area contributed by atoms with Crippen molar-refractivity contribution in [3.8, 4) is 35.2 Å². The molecule has 7 aromatic rings. The molecule has 320 valence electrons. The van der Waals surface area contributed by atoms with Crippen LogP contribution in [0.15, 0.2) is 194 Å². The van der Waals surface area contributed by atoms with E-state index < -0.39 is 0 Å². The molecule has 7 aromatic carbocycles. The first kappa shape index (κ1) is 43.7. The van der Waals surface area contributed by atoms with Crippen molar-refractivity contribution >= 4 is 0 Å². The van der Waals surface area contributed by atoms with Crippen molar-refractivity contribution in [3.63, 3.8) is 0 Å². The van der Waals surface area contributed by atoms with Crippen LogP contribution in [0.5, 0.6) is 11.5 Å². The summed E-state index contributed by atoms with van der Waals surface area (Å²) >= 11 is 0. The Labute approximate surface area is 379 Å². The summed E-state index contributed by atoms with van der Waals surface area (Å²) in [6.07, 6.45) is 0. The summed E-state index contributed by atoms with van der Waals surface area (Å²) in [5, 5.41) is 0. The second-order valence-corrected chi connectivity index (χ2v) is 15.9. The van der Waals surface area contributed by atoms with Crippen LogP contribution in [-0.4, -0.2) is 36.2 Å². The van der Waals surface area contributed by atoms with Gasteiger partial charge in [-0.3, -0.25) is 9.80 Å². The molecule has 1 aliphatic heterocycles. The van der Waals surface area contributed by atoms with Gasteiger partial charge in [-0.2, -0.15) is 0 Å². The quantitative estimate of drug-likeness (QED) is 0.155. The maximum Gasteiger partial charge on any atom is 0.124 e. The van der Waals surface area contributed by atoms with Gasteiger partial charge in [-0.25, -0.2) is 0 Å². The van der Waals surface area contributed by atoms with Gasteiger partial charge in [0.05, 0.1) is 25.3 Å². The lowest BCUT2D eigenvalue weighted by Crippen LogP contribution is -2.31. The van der Waals surface area contributed by atoms with Crippen LogP contribution >= 0.6 is 0 Å². The van der Waals surface area contributed by atoms with Gasteiger partial charge in [0.25, 0.3) is 0 Å². The molecule has 2 bridgehead atoms. The van der Waals surface area contributed by atoms with Gasteiger partial charge in [0.15, 0.2) is 0 Å². The highest BCUT2D eigenvalue weighted by molar-refractivity contribution is 5.37. The lowest BCUT2D eigenvalue weighted by molar-refractivity contribution is 0.0651. The maximum atomic E-state index is 6.65. The molecular formula is C58H54N2O4. The van der Waals surface area contributed by atoms with Crippen molar-refractivity contribution in [1.29, 1.82) is 0 Å². The summed E-state index contributed by atoms with van der Waals surface area (Å²) in [7, 11) is 0. The fourth-order valence-corrected chi connectivity index (χ4v) is 8.09. The third kappa shape index (κ3) is 12.8. The fourth-order valence-electron chi connectivity index (χ4n) is 8.09. The molecule has 0 aromatic heterocycles. The third-order valence-corrected chi connectivity index (χ3v) is 11.3. The van der Waals surface area contributed by atoms with Gasteiger partial charge in [-0.05, 0) is 63.4 Å². The number of hydrogen-bond donors (Lipinski definition) is 0. The molecule has 0 radical (unpaired) electrons. The van der Waals surface area contributed by atoms with Crippen molar-refractivity contribution in [3.05, 3.63) is 239 Å². The molecule has 0 spiro atoms. The lowest BCUT2D eigenvalue weighted by Gasteiger charge is -2.32. The van der Waals surface area contributed by atoms with Crippen LogP contribution in [0, 0.1) is 23.7 Å². The summed E-state index contributed by atoms with van der Waals surface area (Å²) in [6, 6.07) is 67.4. The Balaban J connectivity index is 1.10. The summed E-state index contributed by atoms with van der Waals surface area (Å²) in [6.45, 7) is 4.98. The van der Waals surface area contributed by atoms with Crippen molar-refractivity contribution in [2.75, 3.05) is 26.4 Å². The molecule has 0 N–H and O–H groups in total. The molecule has 0 unspecified atom stereocenters. The van der Waals surface area contributed by atoms with Crippen molar-refractivity contribution in [2.45, 2.75) is 51.5 Å². The first-order valence-corrected chi connectivity index (χ1v) is 22.0. The lowest BCUT2D eigenvalue weighted by atomic mass is 10.0. The van der Waals surface area contributed by atoms with Crippen molar-refractivity contribution in [2.24, 2.45) is 0 Å². The molecule has 6 nitrogen and oxygen atoms in total. The van der Waals surface area contributed by atoms with Crippen LogP contribution in [-0.2, 0) is 48.9 Å². The minimum Gasteiger partial charge on any atom is -0.489 e. The number of benzene rings is 7. The molecule has 0 saturated carbocycles. The molecule has 0 amide bonds. The van der Waals surface area contributed by atoms with E-state index >= 15 is 0 Å². The summed E-state index contributed by atoms with van der Waals surface area (Å²) < 4.78 is 26.0. The SMILES string of the molecule is C1#CCOC[C@@H](c2ccccc2)N(Cc2ccccc2)Cc2ccccc2OCc2cccc(c2)COc2ccccc2CN(Cc2ccccc2)[C@H](c2ccccc2)COCC#C1. The fraction of sp³-hybridized carbons (Fsp3) is 0.207. The van der Waals surface area contributed by atoms with E-state index in [2.05, 4.69) is 215 Å². The van der Waals surface area contributed by atoms with Gasteiger partial charge in [0.1, 0.15) is 37.9 Å². The zero-order chi connectivity index (χ0) is 43.4. The third-order valence-electron chi connectivity index (χ3n) is 11.3. The molecular weight excluding hydrogens is 789 g/mol. The van der Waals surface area contributed by atoms with E-state index in [1.165, 1.54) is 22.3 Å². The number of nitrogens with zero attached hydrogens (tertiary/aromatic N) is 2. The monoisotopic (exact) mass is 842 g/mol. The van der Waals surface area contributed by atoms with E-state index in [0.29, 0.717) is 39.5 Å². The molecule has 1 heterocycles. The molecule has 0 fully saturated rings. The van der Waals surface area contributed by atoms with Gasteiger partial charge in [-0.1, -0.05) is 188 Å². The Morgan fingerprint density at radius 3 is 1.25 bits per heavy atom. The van der Waals surface area contributed by atoms with Crippen LogP contribution in [0.2, 0.25) is 0 Å². The van der Waals surface area contributed by atoms with Crippen molar-refractivity contribution in [1.82, 2.24) is 9.80 Å². The van der Waals surface area contributed by atoms with Crippen LogP contribution in [0.4, 0.5) is 0 Å². The van der Waals surface area contributed by atoms with Gasteiger partial charge in [-0.15, -0.1) is 0 Å². The van der Waals surface area contributed by atoms with Crippen LogP contribution in [0.1, 0.15) is 56.6 Å². The van der Waals surface area contributed by atoms with E-state index in [1.807, 2.05) is 12.1 Å². The molecule has 8 rings (SSSR count). The Morgan fingerprint density at radius 2 is 0.812 bits per heavy atom. The van der Waals surface area contributed by atoms with Gasteiger partial charge in [0, 0.05) is 37.3 Å². The Kier molecular flexibility index (Phi) is 16.1. The normalized spacial score (nSPS) is 17.0. The van der Waals surface area contributed by atoms with Crippen LogP contribution < -0.4 is 9.47 Å². The highest BCUT2D eigenvalue weighted by Gasteiger charge is 2.25. The standard InChI is InChI=1S/C58H54N2O4/c1-2-20-37-62-46-56(52-30-13-6-14-31-52)60(40-48-24-9-4-10-25-48)42-54-33-16-18-35-58(54)64-44-50-27-21-26-49(38-50)43-63-57-34-17-15-32-53(57)41-59(39-47-22-7-3-8-23-47)55(45-61-36-19-1)51-28-11-5-12-29-51/h3-18,21-35,38,55-56H,36-37,39-46H2/t55-,56-/m0/s1. The highest BCUT2D eigenvalue weighted by Crippen LogP contribution is 2.31. The number of hydrogen-bond acceptors (Lipinski definition) is 6. The number of para-hydroxylation sites is 2. The molecule has 6 heteroatoms. The summed E-state index contributed by atoms with van der Waals surface area (Å²) in [5.74, 6) is 13.9. The topological polar surface area (TPSA) is 43.4 Å². The molecule has 0 saturated heterocycles. The largest absolute Gasteiger partial charge is 0.489 e. The first-order valence-electron chi connectivity index (χ1n) is 22.0. The Bertz CT molecular complexity index is 2440. The zero-order valence-electron chi connectivity index (χ0n) is 36.2. The average molecular weight is 843 g/mol. The maximum absolute atomic E-state index is 6.65. The zero-order valence-corrected chi connectivity index (χ0v) is 36.2. The highest BCUT2D eigenvalue weighted by atomic mass is 16.5. The van der Waals surface area contributed by atoms with E-state index in [4.69, 9.17) is 18.9 Å². The predicted octanol–water partition coefficient (Wildman–Crippen LogP) is 11.4. The van der Waals surface area contributed by atoms with Gasteiger partial charge >= 0.3 is 0 Å². The van der Waals surface area contributed by atoms with Gasteiger partial charge < -0.3 is 18.9 Å². The Morgan fingerprint density at radius 1 is 0.422 bits per heavy atom. The predicted molar refractivity (Wildman–Crippen MR) is 255 cm³/mol.